The number of carbonyl (C=O) groups excluding carboxylic acids is 1. The first kappa shape index (κ1) is 18.4. The molecule has 0 aromatic heterocycles. The fraction of sp³-hybridized carbons (Fsp3) is 0.526. The van der Waals surface area contributed by atoms with E-state index in [1.165, 1.54) is 4.90 Å². The van der Waals surface area contributed by atoms with Crippen molar-refractivity contribution in [3.63, 3.8) is 0 Å². The van der Waals surface area contributed by atoms with Crippen LogP contribution in [0.15, 0.2) is 24.3 Å². The van der Waals surface area contributed by atoms with E-state index >= 15 is 0 Å². The molecule has 26 heavy (non-hydrogen) atoms. The number of hydrogen-bond acceptors (Lipinski definition) is 5. The van der Waals surface area contributed by atoms with Crippen LogP contribution in [-0.4, -0.2) is 52.6 Å². The number of amides is 1. The van der Waals surface area contributed by atoms with E-state index in [0.29, 0.717) is 31.7 Å². The average Bonchev–Trinajstić information content (AvgIpc) is 2.89. The summed E-state index contributed by atoms with van der Waals surface area (Å²) in [6, 6.07) is 7.79. The Balaban J connectivity index is 1.47. The Kier molecular flexibility index (Phi) is 5.27. The van der Waals surface area contributed by atoms with Gasteiger partial charge in [0.1, 0.15) is 12.1 Å². The molecule has 1 heterocycles. The molecule has 1 aromatic rings. The van der Waals surface area contributed by atoms with Crippen molar-refractivity contribution in [2.24, 2.45) is 0 Å². The van der Waals surface area contributed by atoms with Gasteiger partial charge in [0.25, 0.3) is 0 Å². The van der Waals surface area contributed by atoms with Crippen LogP contribution >= 0.6 is 0 Å². The number of carbonyl (C=O) groups is 2. The normalized spacial score (nSPS) is 25.3. The maximum absolute atomic E-state index is 11.8. The molecule has 0 unspecified atom stereocenters. The second-order valence-corrected chi connectivity index (χ2v) is 7.13. The van der Waals surface area contributed by atoms with E-state index in [-0.39, 0.29) is 12.6 Å². The van der Waals surface area contributed by atoms with Gasteiger partial charge in [-0.05, 0) is 43.7 Å². The molecule has 2 fully saturated rings. The Morgan fingerprint density at radius 3 is 2.58 bits per heavy atom. The van der Waals surface area contributed by atoms with Gasteiger partial charge in [-0.2, -0.15) is 0 Å². The quantitative estimate of drug-likeness (QED) is 0.760. The van der Waals surface area contributed by atoms with Gasteiger partial charge in [-0.25, -0.2) is 4.79 Å². The van der Waals surface area contributed by atoms with Crippen molar-refractivity contribution in [1.29, 1.82) is 5.41 Å². The summed E-state index contributed by atoms with van der Waals surface area (Å²) in [4.78, 5) is 23.9. The Hall–Kier alpha value is -2.41. The molecule has 7 nitrogen and oxygen atoms in total. The first-order valence-electron chi connectivity index (χ1n) is 8.83. The molecule has 1 saturated carbocycles. The monoisotopic (exact) mass is 360 g/mol. The van der Waals surface area contributed by atoms with E-state index in [1.807, 2.05) is 24.3 Å². The molecule has 0 bridgehead atoms. The first-order chi connectivity index (χ1) is 12.4. The Bertz CT molecular complexity index is 692. The van der Waals surface area contributed by atoms with E-state index in [9.17, 15) is 9.59 Å². The van der Waals surface area contributed by atoms with E-state index < -0.39 is 17.7 Å². The Labute approximate surface area is 152 Å². The molecule has 0 radical (unpaired) electrons. The maximum Gasteiger partial charge on any atom is 0.411 e. The lowest BCUT2D eigenvalue weighted by Crippen LogP contribution is -2.41. The minimum absolute atomic E-state index is 0.108. The number of carboxylic acids is 1. The molecule has 1 aliphatic carbocycles. The highest BCUT2D eigenvalue weighted by molar-refractivity contribution is 5.96. The van der Waals surface area contributed by atoms with Crippen molar-refractivity contribution in [2.75, 3.05) is 13.1 Å². The lowest BCUT2D eigenvalue weighted by molar-refractivity contribution is -0.137. The van der Waals surface area contributed by atoms with Gasteiger partial charge in [0.2, 0.25) is 0 Å². The van der Waals surface area contributed by atoms with Crippen molar-refractivity contribution in [3.05, 3.63) is 35.4 Å². The SMILES string of the molecule is CC(=N)c1ccc(COC2CCC3(CC2)CN(CC(=O)O)C(=O)O3)cc1. The van der Waals surface area contributed by atoms with Gasteiger partial charge in [0.05, 0.1) is 19.3 Å². The second-order valence-electron chi connectivity index (χ2n) is 7.13. The van der Waals surface area contributed by atoms with Crippen molar-refractivity contribution >= 4 is 17.8 Å². The predicted octanol–water partition coefficient (Wildman–Crippen LogP) is 2.81. The van der Waals surface area contributed by atoms with Gasteiger partial charge in [-0.15, -0.1) is 0 Å². The Morgan fingerprint density at radius 1 is 1.35 bits per heavy atom. The third kappa shape index (κ3) is 4.22. The molecule has 1 aliphatic heterocycles. The molecule has 0 atom stereocenters. The van der Waals surface area contributed by atoms with Crippen LogP contribution in [-0.2, 0) is 20.9 Å². The maximum atomic E-state index is 11.8. The average molecular weight is 360 g/mol. The zero-order chi connectivity index (χ0) is 18.7. The van der Waals surface area contributed by atoms with Crippen LogP contribution in [0.3, 0.4) is 0 Å². The smallest absolute Gasteiger partial charge is 0.411 e. The van der Waals surface area contributed by atoms with Crippen molar-refractivity contribution < 1.29 is 24.2 Å². The number of ether oxygens (including phenoxy) is 2. The highest BCUT2D eigenvalue weighted by Crippen LogP contribution is 2.38. The van der Waals surface area contributed by atoms with Gasteiger partial charge in [0, 0.05) is 5.71 Å². The molecule has 7 heteroatoms. The van der Waals surface area contributed by atoms with Gasteiger partial charge < -0.3 is 20.0 Å². The van der Waals surface area contributed by atoms with E-state index in [4.69, 9.17) is 20.0 Å². The van der Waals surface area contributed by atoms with Gasteiger partial charge in [-0.3, -0.25) is 9.69 Å². The second kappa shape index (κ2) is 7.45. The largest absolute Gasteiger partial charge is 0.480 e. The van der Waals surface area contributed by atoms with Crippen LogP contribution in [0.25, 0.3) is 0 Å². The zero-order valence-electron chi connectivity index (χ0n) is 14.9. The lowest BCUT2D eigenvalue weighted by atomic mass is 9.83. The number of benzene rings is 1. The number of aliphatic carboxylic acids is 1. The summed E-state index contributed by atoms with van der Waals surface area (Å²) < 4.78 is 11.5. The van der Waals surface area contributed by atoms with Crippen LogP contribution in [0.4, 0.5) is 4.79 Å². The van der Waals surface area contributed by atoms with Crippen molar-refractivity contribution in [2.45, 2.75) is 50.9 Å². The fourth-order valence-electron chi connectivity index (χ4n) is 3.59. The van der Waals surface area contributed by atoms with Gasteiger partial charge >= 0.3 is 12.1 Å². The van der Waals surface area contributed by atoms with E-state index in [2.05, 4.69) is 0 Å². The number of nitrogens with zero attached hydrogens (tertiary/aromatic N) is 1. The van der Waals surface area contributed by atoms with Crippen LogP contribution in [0.1, 0.15) is 43.7 Å². The van der Waals surface area contributed by atoms with E-state index in [0.717, 1.165) is 24.0 Å². The number of hydrogen-bond donors (Lipinski definition) is 2. The number of carboxylic acid groups (broad SMARTS) is 1. The number of nitrogens with one attached hydrogen (secondary N) is 1. The molecule has 1 amide bonds. The summed E-state index contributed by atoms with van der Waals surface area (Å²) in [7, 11) is 0. The minimum Gasteiger partial charge on any atom is -0.480 e. The third-order valence-corrected chi connectivity index (χ3v) is 5.08. The van der Waals surface area contributed by atoms with Crippen LogP contribution in [0.2, 0.25) is 0 Å². The molecule has 140 valence electrons. The predicted molar refractivity (Wildman–Crippen MR) is 94.4 cm³/mol. The third-order valence-electron chi connectivity index (χ3n) is 5.08. The molecule has 1 saturated heterocycles. The molecular formula is C19H24N2O5. The van der Waals surface area contributed by atoms with Crippen LogP contribution < -0.4 is 0 Å². The zero-order valence-corrected chi connectivity index (χ0v) is 14.9. The molecule has 2 aliphatic rings. The van der Waals surface area contributed by atoms with Crippen LogP contribution in [0.5, 0.6) is 0 Å². The fourth-order valence-corrected chi connectivity index (χ4v) is 3.59. The Morgan fingerprint density at radius 2 is 2.00 bits per heavy atom. The van der Waals surface area contributed by atoms with Crippen molar-refractivity contribution in [1.82, 2.24) is 4.90 Å². The summed E-state index contributed by atoms with van der Waals surface area (Å²) in [5, 5.41) is 16.5. The van der Waals surface area contributed by atoms with E-state index in [1.54, 1.807) is 6.92 Å². The highest BCUT2D eigenvalue weighted by atomic mass is 16.6. The molecule has 2 N–H and O–H groups in total. The molecule has 1 aromatic carbocycles. The minimum atomic E-state index is -1.03. The number of rotatable bonds is 6. The summed E-state index contributed by atoms with van der Waals surface area (Å²) in [6.45, 7) is 2.30. The molecule has 1 spiro atoms. The summed E-state index contributed by atoms with van der Waals surface area (Å²) in [5.41, 5.74) is 1.95. The van der Waals surface area contributed by atoms with Gasteiger partial charge in [0.15, 0.2) is 0 Å². The van der Waals surface area contributed by atoms with Crippen molar-refractivity contribution in [3.8, 4) is 0 Å². The topological polar surface area (TPSA) is 99.9 Å². The first-order valence-corrected chi connectivity index (χ1v) is 8.83. The lowest BCUT2D eigenvalue weighted by Gasteiger charge is -2.35. The van der Waals surface area contributed by atoms with Crippen LogP contribution in [0, 0.1) is 5.41 Å². The molecular weight excluding hydrogens is 336 g/mol. The standard InChI is InChI=1S/C19H24N2O5/c1-13(20)15-4-2-14(3-5-15)11-25-16-6-8-19(9-7-16)12-21(10-17(22)23)18(24)26-19/h2-5,16,20H,6-12H2,1H3,(H,22,23). The summed E-state index contributed by atoms with van der Waals surface area (Å²) in [6.07, 6.45) is 2.51. The molecule has 3 rings (SSSR count). The van der Waals surface area contributed by atoms with Gasteiger partial charge in [-0.1, -0.05) is 24.3 Å². The summed E-state index contributed by atoms with van der Waals surface area (Å²) in [5.74, 6) is -1.03. The highest BCUT2D eigenvalue weighted by Gasteiger charge is 2.47. The summed E-state index contributed by atoms with van der Waals surface area (Å²) >= 11 is 0.